The largest absolute Gasteiger partial charge is 0.465 e. The molecule has 0 aliphatic rings. The van der Waals surface area contributed by atoms with Gasteiger partial charge in [0.2, 0.25) is 0 Å². The average molecular weight is 348 g/mol. The second kappa shape index (κ2) is 6.88. The lowest BCUT2D eigenvalue weighted by Crippen LogP contribution is -2.17. The third kappa shape index (κ3) is 3.33. The summed E-state index contributed by atoms with van der Waals surface area (Å²) < 4.78 is 19.9. The van der Waals surface area contributed by atoms with Gasteiger partial charge in [-0.1, -0.05) is 11.6 Å². The molecule has 0 saturated heterocycles. The van der Waals surface area contributed by atoms with Gasteiger partial charge in [0.15, 0.2) is 0 Å². The molecule has 0 radical (unpaired) electrons. The van der Waals surface area contributed by atoms with Gasteiger partial charge in [0.1, 0.15) is 29.5 Å². The van der Waals surface area contributed by atoms with E-state index in [0.717, 1.165) is 5.56 Å². The number of rotatable bonds is 5. The van der Waals surface area contributed by atoms with Crippen LogP contribution < -0.4 is 5.32 Å². The van der Waals surface area contributed by atoms with Gasteiger partial charge in [0.25, 0.3) is 0 Å². The van der Waals surface area contributed by atoms with E-state index in [1.165, 1.54) is 12.1 Å². The summed E-state index contributed by atoms with van der Waals surface area (Å²) in [6.45, 7) is 2.04. The summed E-state index contributed by atoms with van der Waals surface area (Å²) in [4.78, 5) is 16.2. The second-order valence-electron chi connectivity index (χ2n) is 5.05. The quantitative estimate of drug-likeness (QED) is 0.714. The fourth-order valence-electron chi connectivity index (χ4n) is 2.36. The first kappa shape index (κ1) is 16.3. The molecule has 0 amide bonds. The highest BCUT2D eigenvalue weighted by atomic mass is 35.5. The van der Waals surface area contributed by atoms with Crippen LogP contribution in [0.3, 0.4) is 0 Å². The van der Waals surface area contributed by atoms with Gasteiger partial charge in [0, 0.05) is 11.8 Å². The van der Waals surface area contributed by atoms with E-state index in [1.807, 2.05) is 0 Å². The fourth-order valence-corrected chi connectivity index (χ4v) is 2.53. The molecule has 0 unspecified atom stereocenters. The number of carbonyl (C=O) groups is 1. The van der Waals surface area contributed by atoms with Crippen molar-refractivity contribution in [3.63, 3.8) is 0 Å². The lowest BCUT2D eigenvalue weighted by molar-refractivity contribution is -0.140. The Morgan fingerprint density at radius 2 is 2.04 bits per heavy atom. The van der Waals surface area contributed by atoms with Gasteiger partial charge in [-0.05, 0) is 43.3 Å². The summed E-state index contributed by atoms with van der Waals surface area (Å²) in [5.41, 5.74) is 1.98. The Hall–Kier alpha value is -2.60. The SMILES string of the molecule is CCOC(=O)CNc1c(-c2ccc(F)cc2)nc2ccc(Cl)cn12. The molecule has 124 valence electrons. The molecule has 1 aromatic carbocycles. The maximum absolute atomic E-state index is 13.2. The highest BCUT2D eigenvalue weighted by Crippen LogP contribution is 2.29. The van der Waals surface area contributed by atoms with Gasteiger partial charge in [-0.15, -0.1) is 0 Å². The number of pyridine rings is 1. The summed E-state index contributed by atoms with van der Waals surface area (Å²) in [7, 11) is 0. The van der Waals surface area contributed by atoms with Gasteiger partial charge in [0.05, 0.1) is 11.6 Å². The molecule has 2 heterocycles. The lowest BCUT2D eigenvalue weighted by atomic mass is 10.1. The summed E-state index contributed by atoms with van der Waals surface area (Å²) in [5.74, 6) is -0.113. The normalized spacial score (nSPS) is 10.8. The van der Waals surface area contributed by atoms with Crippen molar-refractivity contribution in [2.75, 3.05) is 18.5 Å². The van der Waals surface area contributed by atoms with Crippen LogP contribution in [-0.4, -0.2) is 28.5 Å². The number of anilines is 1. The number of hydrogen-bond donors (Lipinski definition) is 1. The molecule has 1 N–H and O–H groups in total. The maximum atomic E-state index is 13.2. The van der Waals surface area contributed by atoms with Crippen LogP contribution in [0, 0.1) is 5.82 Å². The molecule has 0 spiro atoms. The van der Waals surface area contributed by atoms with Gasteiger partial charge >= 0.3 is 5.97 Å². The van der Waals surface area contributed by atoms with E-state index in [0.29, 0.717) is 28.8 Å². The van der Waals surface area contributed by atoms with Crippen molar-refractivity contribution in [1.82, 2.24) is 9.38 Å². The third-order valence-electron chi connectivity index (χ3n) is 3.41. The predicted molar refractivity (Wildman–Crippen MR) is 90.7 cm³/mol. The Kier molecular flexibility index (Phi) is 4.66. The number of esters is 1. The van der Waals surface area contributed by atoms with Crippen LogP contribution in [0.25, 0.3) is 16.9 Å². The van der Waals surface area contributed by atoms with Crippen molar-refractivity contribution < 1.29 is 13.9 Å². The summed E-state index contributed by atoms with van der Waals surface area (Å²) in [6, 6.07) is 9.49. The van der Waals surface area contributed by atoms with E-state index < -0.39 is 0 Å². The Morgan fingerprint density at radius 1 is 1.29 bits per heavy atom. The van der Waals surface area contributed by atoms with Crippen LogP contribution in [0.1, 0.15) is 6.92 Å². The number of carbonyl (C=O) groups excluding carboxylic acids is 1. The minimum Gasteiger partial charge on any atom is -0.465 e. The minimum absolute atomic E-state index is 0.0116. The standard InChI is InChI=1S/C17H15ClFN3O2/c1-2-24-15(23)9-20-17-16(11-3-6-13(19)7-4-11)21-14-8-5-12(18)10-22(14)17/h3-8,10,20H,2,9H2,1H3. The monoisotopic (exact) mass is 347 g/mol. The molecule has 0 bridgehead atoms. The summed E-state index contributed by atoms with van der Waals surface area (Å²) >= 11 is 6.06. The molecule has 0 saturated carbocycles. The van der Waals surface area contributed by atoms with Crippen molar-refractivity contribution in [1.29, 1.82) is 0 Å². The number of aromatic nitrogens is 2. The van der Waals surface area contributed by atoms with Crippen LogP contribution in [0.2, 0.25) is 5.02 Å². The Labute approximate surface area is 143 Å². The number of hydrogen-bond acceptors (Lipinski definition) is 4. The van der Waals surface area contributed by atoms with E-state index >= 15 is 0 Å². The Bertz CT molecular complexity index is 877. The minimum atomic E-state index is -0.375. The number of benzene rings is 1. The van der Waals surface area contributed by atoms with Crippen molar-refractivity contribution in [3.05, 3.63) is 53.4 Å². The van der Waals surface area contributed by atoms with E-state index in [9.17, 15) is 9.18 Å². The number of halogens is 2. The van der Waals surface area contributed by atoms with Gasteiger partial charge in [-0.25, -0.2) is 9.37 Å². The smallest absolute Gasteiger partial charge is 0.325 e. The highest BCUT2D eigenvalue weighted by molar-refractivity contribution is 6.30. The molecular formula is C17H15ClFN3O2. The summed E-state index contributed by atoms with van der Waals surface area (Å²) in [6.07, 6.45) is 1.70. The molecule has 0 atom stereocenters. The first-order valence-electron chi connectivity index (χ1n) is 7.41. The topological polar surface area (TPSA) is 55.6 Å². The molecule has 5 nitrogen and oxygen atoms in total. The highest BCUT2D eigenvalue weighted by Gasteiger charge is 2.15. The third-order valence-corrected chi connectivity index (χ3v) is 3.63. The molecule has 3 aromatic rings. The van der Waals surface area contributed by atoms with Gasteiger partial charge in [-0.2, -0.15) is 0 Å². The number of nitrogens with zero attached hydrogens (tertiary/aromatic N) is 2. The van der Waals surface area contributed by atoms with Crippen molar-refractivity contribution in [3.8, 4) is 11.3 Å². The molecular weight excluding hydrogens is 333 g/mol. The molecule has 3 rings (SSSR count). The van der Waals surface area contributed by atoms with Crippen molar-refractivity contribution in [2.24, 2.45) is 0 Å². The number of ether oxygens (including phenoxy) is 1. The zero-order valence-electron chi connectivity index (χ0n) is 12.9. The van der Waals surface area contributed by atoms with Crippen LogP contribution >= 0.6 is 11.6 Å². The fraction of sp³-hybridized carbons (Fsp3) is 0.176. The molecule has 0 aliphatic heterocycles. The van der Waals surface area contributed by atoms with Gasteiger partial charge in [-0.3, -0.25) is 9.20 Å². The maximum Gasteiger partial charge on any atom is 0.325 e. The van der Waals surface area contributed by atoms with Crippen LogP contribution in [-0.2, 0) is 9.53 Å². The molecule has 0 fully saturated rings. The number of nitrogens with one attached hydrogen (secondary N) is 1. The zero-order chi connectivity index (χ0) is 17.1. The zero-order valence-corrected chi connectivity index (χ0v) is 13.7. The van der Waals surface area contributed by atoms with E-state index in [2.05, 4.69) is 10.3 Å². The van der Waals surface area contributed by atoms with Gasteiger partial charge < -0.3 is 10.1 Å². The Morgan fingerprint density at radius 3 is 2.75 bits per heavy atom. The Balaban J connectivity index is 2.05. The summed E-state index contributed by atoms with van der Waals surface area (Å²) in [5, 5.41) is 3.57. The predicted octanol–water partition coefficient (Wildman–Crippen LogP) is 3.77. The van der Waals surface area contributed by atoms with E-state index in [-0.39, 0.29) is 18.3 Å². The lowest BCUT2D eigenvalue weighted by Gasteiger charge is -2.08. The molecule has 2 aromatic heterocycles. The average Bonchev–Trinajstić information content (AvgIpc) is 2.91. The van der Waals surface area contributed by atoms with Crippen LogP contribution in [0.5, 0.6) is 0 Å². The second-order valence-corrected chi connectivity index (χ2v) is 5.49. The first-order chi connectivity index (χ1) is 11.6. The molecule has 7 heteroatoms. The number of imidazole rings is 1. The number of fused-ring (bicyclic) bond motifs is 1. The van der Waals surface area contributed by atoms with Crippen molar-refractivity contribution >= 4 is 29.0 Å². The molecule has 24 heavy (non-hydrogen) atoms. The van der Waals surface area contributed by atoms with Crippen LogP contribution in [0.15, 0.2) is 42.6 Å². The van der Waals surface area contributed by atoms with Crippen molar-refractivity contribution in [2.45, 2.75) is 6.92 Å². The van der Waals surface area contributed by atoms with E-state index in [1.54, 1.807) is 41.8 Å². The van der Waals surface area contributed by atoms with E-state index in [4.69, 9.17) is 16.3 Å². The molecule has 0 aliphatic carbocycles. The first-order valence-corrected chi connectivity index (χ1v) is 7.79. The van der Waals surface area contributed by atoms with Crippen LogP contribution in [0.4, 0.5) is 10.2 Å².